The number of nitrogens with zero attached hydrogens (tertiary/aromatic N) is 4. The minimum absolute atomic E-state index is 0.0419. The van der Waals surface area contributed by atoms with Gasteiger partial charge in [-0.3, -0.25) is 9.59 Å². The van der Waals surface area contributed by atoms with E-state index >= 15 is 0 Å². The van der Waals surface area contributed by atoms with E-state index in [4.69, 9.17) is 6.42 Å². The van der Waals surface area contributed by atoms with Crippen LogP contribution in [-0.4, -0.2) is 75.1 Å². The molecule has 2 N–H and O–H groups in total. The standard InChI is InChI=1S/C36H37N5O4/c1-4-21-39-25-34(43)40(26(2)41(39)36(45)37-23-28-11-6-5-7-12-28)33(22-27-17-19-31(42)20-18-27)35(44)38(3)24-30-15-10-14-29-13-8-9-16-32(29)30/h1,5-20,26,33,42H,21-25H2,2-3H3,(H,37,45)/t26-,33-/m0/s1. The first kappa shape index (κ1) is 31.1. The van der Waals surface area contributed by atoms with E-state index in [1.807, 2.05) is 72.8 Å². The molecule has 4 amide bonds. The molecular formula is C36H37N5O4. The fraction of sp³-hybridized carbons (Fsp3) is 0.250. The number of urea groups is 1. The number of amides is 4. The van der Waals surface area contributed by atoms with Gasteiger partial charge in [-0.1, -0.05) is 90.8 Å². The second-order valence-corrected chi connectivity index (χ2v) is 11.2. The van der Waals surface area contributed by atoms with E-state index < -0.39 is 18.2 Å². The molecule has 4 aromatic carbocycles. The summed E-state index contributed by atoms with van der Waals surface area (Å²) in [4.78, 5) is 45.0. The number of hydrogen-bond donors (Lipinski definition) is 2. The number of phenolic OH excluding ortho intramolecular Hbond substituents is 1. The Balaban J connectivity index is 1.45. The first-order valence-electron chi connectivity index (χ1n) is 14.9. The summed E-state index contributed by atoms with van der Waals surface area (Å²) in [5.74, 6) is 2.05. The van der Waals surface area contributed by atoms with Crippen LogP contribution in [0.2, 0.25) is 0 Å². The van der Waals surface area contributed by atoms with Gasteiger partial charge in [0.05, 0.1) is 13.1 Å². The number of benzene rings is 4. The maximum atomic E-state index is 14.4. The molecule has 1 heterocycles. The normalized spacial score (nSPS) is 15.8. The number of carbonyl (C=O) groups excluding carboxylic acids is 3. The molecule has 0 unspecified atom stereocenters. The van der Waals surface area contributed by atoms with Crippen LogP contribution in [0.3, 0.4) is 0 Å². The van der Waals surface area contributed by atoms with Crippen LogP contribution in [0.1, 0.15) is 23.6 Å². The summed E-state index contributed by atoms with van der Waals surface area (Å²) in [5.41, 5.74) is 2.66. The molecule has 0 radical (unpaired) electrons. The van der Waals surface area contributed by atoms with Crippen molar-refractivity contribution < 1.29 is 19.5 Å². The van der Waals surface area contributed by atoms with E-state index in [9.17, 15) is 19.5 Å². The van der Waals surface area contributed by atoms with Crippen molar-refractivity contribution in [1.29, 1.82) is 0 Å². The molecule has 0 aromatic heterocycles. The van der Waals surface area contributed by atoms with Crippen molar-refractivity contribution in [2.24, 2.45) is 0 Å². The third-order valence-electron chi connectivity index (χ3n) is 8.09. The lowest BCUT2D eigenvalue weighted by atomic mass is 10.0. The Bertz CT molecular complexity index is 1700. The van der Waals surface area contributed by atoms with E-state index in [0.717, 1.165) is 27.5 Å². The van der Waals surface area contributed by atoms with E-state index in [1.54, 1.807) is 43.1 Å². The summed E-state index contributed by atoms with van der Waals surface area (Å²) in [6, 6.07) is 28.7. The molecular weight excluding hydrogens is 566 g/mol. The largest absolute Gasteiger partial charge is 0.508 e. The molecule has 1 aliphatic heterocycles. The minimum Gasteiger partial charge on any atom is -0.508 e. The Morgan fingerprint density at radius 1 is 0.978 bits per heavy atom. The third kappa shape index (κ3) is 7.08. The van der Waals surface area contributed by atoms with Crippen molar-refractivity contribution in [3.63, 3.8) is 0 Å². The lowest BCUT2D eigenvalue weighted by molar-refractivity contribution is -0.173. The molecule has 0 aliphatic carbocycles. The molecule has 0 spiro atoms. The van der Waals surface area contributed by atoms with Gasteiger partial charge in [-0.15, -0.1) is 6.42 Å². The maximum Gasteiger partial charge on any atom is 0.334 e. The van der Waals surface area contributed by atoms with Crippen molar-refractivity contribution in [3.05, 3.63) is 114 Å². The molecule has 5 rings (SSSR count). The zero-order valence-electron chi connectivity index (χ0n) is 25.5. The van der Waals surface area contributed by atoms with Crippen molar-refractivity contribution in [2.75, 3.05) is 20.1 Å². The number of terminal acetylenes is 1. The average molecular weight is 604 g/mol. The van der Waals surface area contributed by atoms with Gasteiger partial charge in [0.15, 0.2) is 0 Å². The van der Waals surface area contributed by atoms with Crippen LogP contribution in [0.15, 0.2) is 97.1 Å². The first-order valence-corrected chi connectivity index (χ1v) is 14.9. The Hall–Kier alpha value is -5.33. The van der Waals surface area contributed by atoms with Crippen molar-refractivity contribution >= 4 is 28.6 Å². The van der Waals surface area contributed by atoms with E-state index in [0.29, 0.717) is 6.54 Å². The van der Waals surface area contributed by atoms with E-state index in [1.165, 1.54) is 14.9 Å². The van der Waals surface area contributed by atoms with Crippen LogP contribution in [0.4, 0.5) is 4.79 Å². The third-order valence-corrected chi connectivity index (χ3v) is 8.09. The second kappa shape index (κ2) is 14.0. The zero-order chi connectivity index (χ0) is 31.9. The Labute approximate surface area is 263 Å². The number of nitrogens with one attached hydrogen (secondary N) is 1. The van der Waals surface area contributed by atoms with E-state index in [-0.39, 0.29) is 43.6 Å². The van der Waals surface area contributed by atoms with Crippen LogP contribution < -0.4 is 5.32 Å². The summed E-state index contributed by atoms with van der Waals surface area (Å²) in [5, 5.41) is 17.9. The number of aromatic hydroxyl groups is 1. The molecule has 1 aliphatic rings. The second-order valence-electron chi connectivity index (χ2n) is 11.2. The summed E-state index contributed by atoms with van der Waals surface area (Å²) in [7, 11) is 1.72. The summed E-state index contributed by atoms with van der Waals surface area (Å²) in [6.45, 7) is 2.21. The highest BCUT2D eigenvalue weighted by Crippen LogP contribution is 2.26. The summed E-state index contributed by atoms with van der Waals surface area (Å²) >= 11 is 0. The fourth-order valence-electron chi connectivity index (χ4n) is 5.88. The highest BCUT2D eigenvalue weighted by atomic mass is 16.3. The zero-order valence-corrected chi connectivity index (χ0v) is 25.5. The smallest absolute Gasteiger partial charge is 0.334 e. The molecule has 2 atom stereocenters. The van der Waals surface area contributed by atoms with Gasteiger partial charge in [0.1, 0.15) is 18.0 Å². The van der Waals surface area contributed by atoms with Gasteiger partial charge in [-0.2, -0.15) is 5.01 Å². The van der Waals surface area contributed by atoms with Gasteiger partial charge in [0, 0.05) is 26.6 Å². The van der Waals surface area contributed by atoms with E-state index in [2.05, 4.69) is 11.2 Å². The molecule has 45 heavy (non-hydrogen) atoms. The number of hydrazine groups is 1. The SMILES string of the molecule is C#CCN1CC(=O)N([C@@H](Cc2ccc(O)cc2)C(=O)N(C)Cc2cccc3ccccc23)[C@H](C)N1C(=O)NCc1ccccc1. The van der Waals surface area contributed by atoms with Crippen LogP contribution in [0, 0.1) is 12.3 Å². The molecule has 9 nitrogen and oxygen atoms in total. The predicted molar refractivity (Wildman–Crippen MR) is 173 cm³/mol. The minimum atomic E-state index is -0.936. The van der Waals surface area contributed by atoms with Crippen LogP contribution in [-0.2, 0) is 29.1 Å². The molecule has 9 heteroatoms. The van der Waals surface area contributed by atoms with Crippen molar-refractivity contribution in [3.8, 4) is 18.1 Å². The molecule has 1 saturated heterocycles. The van der Waals surface area contributed by atoms with Crippen LogP contribution in [0.25, 0.3) is 10.8 Å². The highest BCUT2D eigenvalue weighted by Gasteiger charge is 2.44. The lowest BCUT2D eigenvalue weighted by Gasteiger charge is -2.49. The Kier molecular flexibility index (Phi) is 9.66. The van der Waals surface area contributed by atoms with Crippen molar-refractivity contribution in [1.82, 2.24) is 25.1 Å². The topological polar surface area (TPSA) is 96.4 Å². The average Bonchev–Trinajstić information content (AvgIpc) is 3.04. The van der Waals surface area contributed by atoms with Gasteiger partial charge in [0.25, 0.3) is 0 Å². The van der Waals surface area contributed by atoms with Gasteiger partial charge in [0.2, 0.25) is 11.8 Å². The molecule has 230 valence electrons. The number of fused-ring (bicyclic) bond motifs is 1. The number of phenols is 1. The molecule has 0 bridgehead atoms. The number of rotatable bonds is 9. The highest BCUT2D eigenvalue weighted by molar-refractivity contribution is 5.91. The number of likely N-dealkylation sites (N-methyl/N-ethyl adjacent to an activating group) is 1. The van der Waals surface area contributed by atoms with Gasteiger partial charge >= 0.3 is 6.03 Å². The van der Waals surface area contributed by atoms with Gasteiger partial charge < -0.3 is 20.2 Å². The molecule has 4 aromatic rings. The van der Waals surface area contributed by atoms with Crippen molar-refractivity contribution in [2.45, 2.75) is 38.6 Å². The fourth-order valence-corrected chi connectivity index (χ4v) is 5.88. The van der Waals surface area contributed by atoms with Gasteiger partial charge in [-0.05, 0) is 46.5 Å². The quantitative estimate of drug-likeness (QED) is 0.277. The Morgan fingerprint density at radius 3 is 2.40 bits per heavy atom. The lowest BCUT2D eigenvalue weighted by Crippen LogP contribution is -2.70. The number of hydrogen-bond acceptors (Lipinski definition) is 5. The monoisotopic (exact) mass is 603 g/mol. The summed E-state index contributed by atoms with van der Waals surface area (Å²) < 4.78 is 0. The summed E-state index contributed by atoms with van der Waals surface area (Å²) in [6.07, 6.45) is 4.99. The van der Waals surface area contributed by atoms with Crippen LogP contribution >= 0.6 is 0 Å². The predicted octanol–water partition coefficient (Wildman–Crippen LogP) is 4.37. The van der Waals surface area contributed by atoms with Gasteiger partial charge in [-0.25, -0.2) is 9.80 Å². The molecule has 1 fully saturated rings. The molecule has 0 saturated carbocycles. The van der Waals surface area contributed by atoms with Crippen LogP contribution in [0.5, 0.6) is 5.75 Å². The number of carbonyl (C=O) groups is 3. The Morgan fingerprint density at radius 2 is 1.67 bits per heavy atom. The maximum absolute atomic E-state index is 14.4. The first-order chi connectivity index (χ1) is 21.8.